The third-order valence-electron chi connectivity index (χ3n) is 12.2. The van der Waals surface area contributed by atoms with E-state index in [1.54, 1.807) is 0 Å². The number of hydrogen-bond acceptors (Lipinski definition) is 6. The van der Waals surface area contributed by atoms with Crippen LogP contribution in [0.2, 0.25) is 0 Å². The van der Waals surface area contributed by atoms with Gasteiger partial charge in [-0.15, -0.1) is 0 Å². The molecule has 0 unspecified atom stereocenters. The van der Waals surface area contributed by atoms with E-state index >= 15 is 0 Å². The highest BCUT2D eigenvalue weighted by Crippen LogP contribution is 2.24. The van der Waals surface area contributed by atoms with Gasteiger partial charge in [-0.1, -0.05) is 195 Å². The molecule has 0 atom stereocenters. The second kappa shape index (κ2) is 49.0. The van der Waals surface area contributed by atoms with Crippen LogP contribution in [0.25, 0.3) is 0 Å². The number of unbranched alkanes of at least 4 members (excludes halogenated alkanes) is 29. The van der Waals surface area contributed by atoms with Crippen LogP contribution in [0.15, 0.2) is 0 Å². The number of phosphoric acid groups is 1. The zero-order chi connectivity index (χ0) is 44.6. The average Bonchev–Trinajstić information content (AvgIpc) is 3.19. The maximum absolute atomic E-state index is 9.76. The summed E-state index contributed by atoms with van der Waals surface area (Å²) in [6, 6.07) is 0. The molecule has 2 N–H and O–H groups in total. The molecule has 59 heavy (non-hydrogen) atoms. The summed E-state index contributed by atoms with van der Waals surface area (Å²) in [5.41, 5.74) is 0. The molecule has 0 bridgehead atoms. The van der Waals surface area contributed by atoms with Crippen LogP contribution in [-0.4, -0.2) is 92.4 Å². The van der Waals surface area contributed by atoms with E-state index in [0.29, 0.717) is 19.6 Å². The maximum atomic E-state index is 9.76. The third-order valence-corrected chi connectivity index (χ3v) is 12.7. The molecule has 0 spiro atoms. The van der Waals surface area contributed by atoms with Crippen LogP contribution in [-0.2, 0) is 9.09 Å². The summed E-state index contributed by atoms with van der Waals surface area (Å²) in [6.45, 7) is 18.6. The Bertz CT molecular complexity index is 737. The van der Waals surface area contributed by atoms with Crippen molar-refractivity contribution in [3.63, 3.8) is 0 Å². The van der Waals surface area contributed by atoms with Crippen LogP contribution in [0, 0.1) is 0 Å². The lowest BCUT2D eigenvalue weighted by Gasteiger charge is -2.34. The lowest BCUT2D eigenvalue weighted by atomic mass is 10.1. The van der Waals surface area contributed by atoms with Crippen molar-refractivity contribution in [1.82, 2.24) is 0 Å². The van der Waals surface area contributed by atoms with Crippen LogP contribution >= 0.6 is 7.82 Å². The van der Waals surface area contributed by atoms with Crippen molar-refractivity contribution in [2.75, 3.05) is 73.2 Å². The molecular weight excluding hydrogens is 756 g/mol. The number of hydrogen-bond donors (Lipinski definition) is 2. The Labute approximate surface area is 370 Å². The van der Waals surface area contributed by atoms with Crippen molar-refractivity contribution in [3.05, 3.63) is 0 Å². The molecule has 0 aromatic heterocycles. The van der Waals surface area contributed by atoms with E-state index in [1.165, 1.54) is 232 Å². The monoisotopic (exact) mass is 865 g/mol. The standard InChI is InChI=1S/2C23H50NO.C4H11O4P/c2*1-4-6-8-10-12-14-16-18-20-24(3,22-23-25)21-19-17-15-13-11-9-7-5-2;1-2-3-4-8-9(5,6)7/h2*25H,4-23H2,1-3H3;2-4H2,1H3,(H2,5,6,7)/q2*+1;/p-2. The fourth-order valence-electron chi connectivity index (χ4n) is 7.98. The maximum Gasteiger partial charge on any atom is 0.102 e. The van der Waals surface area contributed by atoms with E-state index in [9.17, 15) is 24.6 Å². The zero-order valence-electron chi connectivity index (χ0n) is 41.3. The number of aliphatic hydroxyl groups excluding tert-OH is 2. The lowest BCUT2D eigenvalue weighted by Crippen LogP contribution is -2.47. The Morgan fingerprint density at radius 1 is 0.356 bits per heavy atom. The summed E-state index contributed by atoms with van der Waals surface area (Å²) in [7, 11) is 0.0243. The van der Waals surface area contributed by atoms with E-state index in [0.717, 1.165) is 28.5 Å². The molecule has 8 nitrogen and oxygen atoms in total. The van der Waals surface area contributed by atoms with Crippen molar-refractivity contribution in [2.24, 2.45) is 0 Å². The molecule has 0 amide bonds. The van der Waals surface area contributed by atoms with Crippen LogP contribution < -0.4 is 9.79 Å². The molecule has 0 fully saturated rings. The molecule has 0 saturated heterocycles. The molecule has 0 radical (unpaired) electrons. The minimum Gasteiger partial charge on any atom is -0.790 e. The van der Waals surface area contributed by atoms with Gasteiger partial charge >= 0.3 is 0 Å². The number of quaternary nitrogens is 2. The minimum absolute atomic E-state index is 0.0147. The van der Waals surface area contributed by atoms with Gasteiger partial charge in [0.1, 0.15) is 13.1 Å². The topological polar surface area (TPSA) is 113 Å². The van der Waals surface area contributed by atoms with E-state index in [4.69, 9.17) is 0 Å². The van der Waals surface area contributed by atoms with E-state index in [2.05, 4.69) is 46.3 Å². The van der Waals surface area contributed by atoms with Gasteiger partial charge in [0.05, 0.1) is 67.9 Å². The summed E-state index contributed by atoms with van der Waals surface area (Å²) < 4.78 is 15.8. The molecule has 0 aromatic carbocycles. The summed E-state index contributed by atoms with van der Waals surface area (Å²) >= 11 is 0. The Kier molecular flexibility index (Phi) is 52.5. The highest BCUT2D eigenvalue weighted by molar-refractivity contribution is 7.43. The van der Waals surface area contributed by atoms with Crippen LogP contribution in [0.1, 0.15) is 253 Å². The van der Waals surface area contributed by atoms with E-state index in [1.807, 2.05) is 6.92 Å². The molecule has 9 heteroatoms. The molecule has 360 valence electrons. The number of nitrogens with zero attached hydrogens (tertiary/aromatic N) is 2. The summed E-state index contributed by atoms with van der Waals surface area (Å²) in [6.07, 6.45) is 46.0. The van der Waals surface area contributed by atoms with Crippen molar-refractivity contribution in [1.29, 1.82) is 0 Å². The minimum atomic E-state index is -4.70. The van der Waals surface area contributed by atoms with Gasteiger partial charge in [-0.2, -0.15) is 0 Å². The predicted octanol–water partition coefficient (Wildman–Crippen LogP) is 13.0. The van der Waals surface area contributed by atoms with Crippen LogP contribution in [0.5, 0.6) is 0 Å². The number of phosphoric ester groups is 1. The van der Waals surface area contributed by atoms with Gasteiger partial charge in [0.15, 0.2) is 0 Å². The Morgan fingerprint density at radius 3 is 0.746 bits per heavy atom. The van der Waals surface area contributed by atoms with Gasteiger partial charge in [-0.05, 0) is 57.8 Å². The Hall–Kier alpha value is -0.0500. The lowest BCUT2D eigenvalue weighted by molar-refractivity contribution is -0.910. The van der Waals surface area contributed by atoms with Crippen LogP contribution in [0.4, 0.5) is 0 Å². The van der Waals surface area contributed by atoms with Gasteiger partial charge in [-0.25, -0.2) is 0 Å². The Balaban J connectivity index is -0.000000880. The molecule has 0 aliphatic rings. The fourth-order valence-corrected chi connectivity index (χ4v) is 8.34. The highest BCUT2D eigenvalue weighted by Gasteiger charge is 2.21. The molecule has 0 aliphatic heterocycles. The number of likely N-dealkylation sites (N-methyl/N-ethyl adjacent to an activating group) is 2. The van der Waals surface area contributed by atoms with Crippen molar-refractivity contribution in [2.45, 2.75) is 253 Å². The first-order valence-electron chi connectivity index (χ1n) is 26.0. The fraction of sp³-hybridized carbons (Fsp3) is 1.00. The predicted molar refractivity (Wildman–Crippen MR) is 255 cm³/mol. The highest BCUT2D eigenvalue weighted by atomic mass is 31.2. The largest absolute Gasteiger partial charge is 0.790 e. The molecule has 0 heterocycles. The second-order valence-electron chi connectivity index (χ2n) is 18.6. The SMILES string of the molecule is CCCCCCCCCC[N+](C)(CCO)CCCCCCCCCC.CCCCCCCCCC[N+](C)(CCO)CCCCCCCCCC.CCCCOP(=O)([O-])[O-]. The summed E-state index contributed by atoms with van der Waals surface area (Å²) in [5.74, 6) is 0. The van der Waals surface area contributed by atoms with Gasteiger partial charge in [-0.3, -0.25) is 0 Å². The molecule has 0 rings (SSSR count). The van der Waals surface area contributed by atoms with Crippen LogP contribution in [0.3, 0.4) is 0 Å². The summed E-state index contributed by atoms with van der Waals surface area (Å²) in [4.78, 5) is 19.5. The molecule has 0 aromatic rings. The normalized spacial score (nSPS) is 12.0. The van der Waals surface area contributed by atoms with Crippen molar-refractivity contribution >= 4 is 7.82 Å². The van der Waals surface area contributed by atoms with Gasteiger partial charge in [0, 0.05) is 0 Å². The third kappa shape index (κ3) is 54.0. The molecule has 0 aliphatic carbocycles. The number of aliphatic hydroxyl groups is 2. The van der Waals surface area contributed by atoms with E-state index in [-0.39, 0.29) is 6.61 Å². The first-order valence-corrected chi connectivity index (χ1v) is 27.4. The molecular formula is C50H109N2O6P. The first kappa shape index (κ1) is 63.2. The average molecular weight is 865 g/mol. The smallest absolute Gasteiger partial charge is 0.102 e. The quantitative estimate of drug-likeness (QED) is 0.0358. The van der Waals surface area contributed by atoms with Crippen molar-refractivity contribution < 1.29 is 38.1 Å². The van der Waals surface area contributed by atoms with Gasteiger partial charge in [0.2, 0.25) is 0 Å². The van der Waals surface area contributed by atoms with E-state index < -0.39 is 7.82 Å². The first-order chi connectivity index (χ1) is 28.4. The zero-order valence-corrected chi connectivity index (χ0v) is 42.2. The molecule has 0 saturated carbocycles. The summed E-state index contributed by atoms with van der Waals surface area (Å²) in [5, 5.41) is 18.9. The Morgan fingerprint density at radius 2 is 0.559 bits per heavy atom. The van der Waals surface area contributed by atoms with Gasteiger partial charge < -0.3 is 38.1 Å². The van der Waals surface area contributed by atoms with Crippen molar-refractivity contribution in [3.8, 4) is 0 Å². The second-order valence-corrected chi connectivity index (χ2v) is 19.7. The number of rotatable bonds is 44. The van der Waals surface area contributed by atoms with Gasteiger partial charge in [0.25, 0.3) is 0 Å².